The SMILES string of the molecule is CS(=O)(=O)C1(C(=O)Nc2cc(C3CCCCC3)[nH]n2)CCNCC1. The molecule has 1 aliphatic carbocycles. The van der Waals surface area contributed by atoms with Crippen LogP contribution in [-0.2, 0) is 14.6 Å². The molecule has 1 amide bonds. The van der Waals surface area contributed by atoms with Gasteiger partial charge in [0, 0.05) is 23.9 Å². The van der Waals surface area contributed by atoms with Crippen molar-refractivity contribution in [1.29, 1.82) is 0 Å². The molecule has 0 radical (unpaired) electrons. The predicted octanol–water partition coefficient (Wildman–Crippen LogP) is 1.56. The van der Waals surface area contributed by atoms with E-state index >= 15 is 0 Å². The number of nitrogens with one attached hydrogen (secondary N) is 3. The number of rotatable bonds is 4. The Kier molecular flexibility index (Phi) is 4.96. The number of carbonyl (C=O) groups excluding carboxylic acids is 1. The van der Waals surface area contributed by atoms with Crippen LogP contribution in [0.15, 0.2) is 6.07 Å². The van der Waals surface area contributed by atoms with Gasteiger partial charge in [-0.05, 0) is 38.8 Å². The lowest BCUT2D eigenvalue weighted by Crippen LogP contribution is -2.55. The summed E-state index contributed by atoms with van der Waals surface area (Å²) in [7, 11) is -3.51. The minimum Gasteiger partial charge on any atom is -0.317 e. The Balaban J connectivity index is 1.75. The van der Waals surface area contributed by atoms with E-state index in [1.807, 2.05) is 6.07 Å². The largest absolute Gasteiger partial charge is 0.317 e. The molecule has 1 aromatic heterocycles. The molecule has 0 aromatic carbocycles. The molecule has 2 aliphatic rings. The maximum Gasteiger partial charge on any atom is 0.247 e. The van der Waals surface area contributed by atoms with Gasteiger partial charge in [-0.2, -0.15) is 5.10 Å². The average molecular weight is 354 g/mol. The van der Waals surface area contributed by atoms with E-state index in [-0.39, 0.29) is 12.8 Å². The molecule has 7 nitrogen and oxygen atoms in total. The zero-order chi connectivity index (χ0) is 17.2. The predicted molar refractivity (Wildman–Crippen MR) is 92.7 cm³/mol. The minimum absolute atomic E-state index is 0.289. The normalized spacial score (nSPS) is 22.2. The summed E-state index contributed by atoms with van der Waals surface area (Å²) in [5.74, 6) is 0.412. The van der Waals surface area contributed by atoms with Crippen molar-refractivity contribution >= 4 is 21.6 Å². The summed E-state index contributed by atoms with van der Waals surface area (Å²) in [4.78, 5) is 12.7. The Hall–Kier alpha value is -1.41. The van der Waals surface area contributed by atoms with Gasteiger partial charge in [0.15, 0.2) is 20.4 Å². The van der Waals surface area contributed by atoms with Gasteiger partial charge >= 0.3 is 0 Å². The van der Waals surface area contributed by atoms with Gasteiger partial charge in [-0.3, -0.25) is 9.89 Å². The molecule has 0 atom stereocenters. The maximum absolute atomic E-state index is 12.7. The molecule has 0 spiro atoms. The van der Waals surface area contributed by atoms with E-state index in [2.05, 4.69) is 20.8 Å². The van der Waals surface area contributed by atoms with Crippen LogP contribution in [0.5, 0.6) is 0 Å². The first-order valence-electron chi connectivity index (χ1n) is 8.69. The van der Waals surface area contributed by atoms with Gasteiger partial charge in [-0.25, -0.2) is 8.42 Å². The lowest BCUT2D eigenvalue weighted by atomic mass is 9.87. The molecule has 134 valence electrons. The maximum atomic E-state index is 12.7. The van der Waals surface area contributed by atoms with Crippen LogP contribution in [0.1, 0.15) is 56.6 Å². The first-order chi connectivity index (χ1) is 11.4. The summed E-state index contributed by atoms with van der Waals surface area (Å²) >= 11 is 0. The summed E-state index contributed by atoms with van der Waals surface area (Å²) in [6, 6.07) is 1.85. The fraction of sp³-hybridized carbons (Fsp3) is 0.750. The molecule has 3 N–H and O–H groups in total. The van der Waals surface area contributed by atoms with E-state index in [1.165, 1.54) is 19.3 Å². The highest BCUT2D eigenvalue weighted by Crippen LogP contribution is 2.33. The van der Waals surface area contributed by atoms with Crippen molar-refractivity contribution in [2.45, 2.75) is 55.6 Å². The van der Waals surface area contributed by atoms with Crippen molar-refractivity contribution in [3.05, 3.63) is 11.8 Å². The number of anilines is 1. The number of hydrogen-bond acceptors (Lipinski definition) is 5. The van der Waals surface area contributed by atoms with Crippen LogP contribution in [0.4, 0.5) is 5.82 Å². The first-order valence-corrected chi connectivity index (χ1v) is 10.6. The molecule has 0 bridgehead atoms. The van der Waals surface area contributed by atoms with Gasteiger partial charge in [0.1, 0.15) is 0 Å². The number of piperidine rings is 1. The minimum atomic E-state index is -3.51. The third-order valence-electron chi connectivity index (χ3n) is 5.42. The molecule has 1 aliphatic heterocycles. The summed E-state index contributed by atoms with van der Waals surface area (Å²) in [6.07, 6.45) is 7.71. The fourth-order valence-corrected chi connectivity index (χ4v) is 5.18. The average Bonchev–Trinajstić information content (AvgIpc) is 3.04. The molecule has 2 fully saturated rings. The van der Waals surface area contributed by atoms with Crippen LogP contribution in [0.25, 0.3) is 0 Å². The molecule has 8 heteroatoms. The van der Waals surface area contributed by atoms with Gasteiger partial charge in [0.05, 0.1) is 0 Å². The lowest BCUT2D eigenvalue weighted by molar-refractivity contribution is -0.119. The molecule has 0 unspecified atom stereocenters. The second-order valence-corrected chi connectivity index (χ2v) is 9.34. The fourth-order valence-electron chi connectivity index (χ4n) is 3.85. The summed E-state index contributed by atoms with van der Waals surface area (Å²) in [5.41, 5.74) is 1.03. The Labute approximate surface area is 142 Å². The van der Waals surface area contributed by atoms with Crippen LogP contribution in [0.2, 0.25) is 0 Å². The van der Waals surface area contributed by atoms with Crippen LogP contribution >= 0.6 is 0 Å². The van der Waals surface area contributed by atoms with Crippen molar-refractivity contribution in [2.24, 2.45) is 0 Å². The molecule has 1 saturated heterocycles. The van der Waals surface area contributed by atoms with Crippen molar-refractivity contribution in [3.63, 3.8) is 0 Å². The molecular weight excluding hydrogens is 328 g/mol. The van der Waals surface area contributed by atoms with Gasteiger partial charge in [0.2, 0.25) is 5.91 Å². The van der Waals surface area contributed by atoms with E-state index < -0.39 is 20.5 Å². The molecule has 24 heavy (non-hydrogen) atoms. The number of aromatic nitrogens is 2. The smallest absolute Gasteiger partial charge is 0.247 e. The van der Waals surface area contributed by atoms with Crippen LogP contribution in [-0.4, -0.2) is 48.6 Å². The van der Waals surface area contributed by atoms with Crippen LogP contribution < -0.4 is 10.6 Å². The van der Waals surface area contributed by atoms with Gasteiger partial charge in [-0.1, -0.05) is 19.3 Å². The quantitative estimate of drug-likeness (QED) is 0.761. The van der Waals surface area contributed by atoms with Gasteiger partial charge in [0.25, 0.3) is 0 Å². The van der Waals surface area contributed by atoms with E-state index in [0.717, 1.165) is 24.8 Å². The first kappa shape index (κ1) is 17.4. The second kappa shape index (κ2) is 6.84. The number of H-pyrrole nitrogens is 1. The standard InChI is InChI=1S/C16H26N4O3S/c1-24(22,23)16(7-9-17-10-8-16)15(21)18-14-11-13(19-20-14)12-5-3-2-4-6-12/h11-12,17H,2-10H2,1H3,(H2,18,19,20,21). The van der Waals surface area contributed by atoms with Crippen molar-refractivity contribution in [1.82, 2.24) is 15.5 Å². The Bertz CT molecular complexity index is 686. The highest BCUT2D eigenvalue weighted by Gasteiger charge is 2.48. The van der Waals surface area contributed by atoms with E-state index in [4.69, 9.17) is 0 Å². The summed E-state index contributed by atoms with van der Waals surface area (Å²) in [6.45, 7) is 1.04. The third kappa shape index (κ3) is 3.35. The van der Waals surface area contributed by atoms with Gasteiger partial charge in [-0.15, -0.1) is 0 Å². The topological polar surface area (TPSA) is 104 Å². The Morgan fingerprint density at radius 3 is 2.54 bits per heavy atom. The van der Waals surface area contributed by atoms with E-state index in [1.54, 1.807) is 0 Å². The molecular formula is C16H26N4O3S. The zero-order valence-electron chi connectivity index (χ0n) is 14.1. The number of hydrogen-bond donors (Lipinski definition) is 3. The van der Waals surface area contributed by atoms with Gasteiger partial charge < -0.3 is 10.6 Å². The lowest BCUT2D eigenvalue weighted by Gasteiger charge is -2.34. The number of amides is 1. The molecule has 1 aromatic rings. The number of nitrogens with zero attached hydrogens (tertiary/aromatic N) is 1. The number of aromatic amines is 1. The van der Waals surface area contributed by atoms with E-state index in [9.17, 15) is 13.2 Å². The monoisotopic (exact) mass is 354 g/mol. The summed E-state index contributed by atoms with van der Waals surface area (Å²) in [5, 5.41) is 13.0. The second-order valence-electron chi connectivity index (χ2n) is 7.01. The Morgan fingerprint density at radius 2 is 1.92 bits per heavy atom. The third-order valence-corrected chi connectivity index (χ3v) is 7.43. The summed E-state index contributed by atoms with van der Waals surface area (Å²) < 4.78 is 23.2. The van der Waals surface area contributed by atoms with Crippen LogP contribution in [0, 0.1) is 0 Å². The number of carbonyl (C=O) groups is 1. The molecule has 1 saturated carbocycles. The molecule has 2 heterocycles. The zero-order valence-corrected chi connectivity index (χ0v) is 14.9. The van der Waals surface area contributed by atoms with Crippen molar-refractivity contribution in [3.8, 4) is 0 Å². The highest BCUT2D eigenvalue weighted by atomic mass is 32.2. The van der Waals surface area contributed by atoms with Crippen LogP contribution in [0.3, 0.4) is 0 Å². The van der Waals surface area contributed by atoms with Crippen molar-refractivity contribution in [2.75, 3.05) is 24.7 Å². The number of sulfone groups is 1. The van der Waals surface area contributed by atoms with Crippen molar-refractivity contribution < 1.29 is 13.2 Å². The van der Waals surface area contributed by atoms with E-state index in [0.29, 0.717) is 24.8 Å². The molecule has 3 rings (SSSR count). The highest BCUT2D eigenvalue weighted by molar-refractivity contribution is 7.92. The Morgan fingerprint density at radius 1 is 1.25 bits per heavy atom.